The fraction of sp³-hybridized carbons (Fsp3) is 0.200. The molecule has 0 atom stereocenters. The van der Waals surface area contributed by atoms with Crippen LogP contribution in [0.1, 0.15) is 5.56 Å². The number of aromatic nitrogens is 3. The van der Waals surface area contributed by atoms with Gasteiger partial charge in [-0.05, 0) is 24.1 Å². The highest BCUT2D eigenvalue weighted by Gasteiger charge is 2.11. The Morgan fingerprint density at radius 1 is 1.18 bits per heavy atom. The maximum Gasteiger partial charge on any atom is 0.234 e. The van der Waals surface area contributed by atoms with Gasteiger partial charge < -0.3 is 0 Å². The molecular formula is C10H12N4O2S. The summed E-state index contributed by atoms with van der Waals surface area (Å²) in [5.41, 5.74) is 0.940. The van der Waals surface area contributed by atoms with Gasteiger partial charge in [-0.2, -0.15) is 5.10 Å². The van der Waals surface area contributed by atoms with Crippen molar-refractivity contribution in [2.45, 2.75) is 6.42 Å². The number of anilines is 1. The molecule has 6 nitrogen and oxygen atoms in total. The zero-order valence-corrected chi connectivity index (χ0v) is 9.81. The molecule has 2 aromatic heterocycles. The Bertz CT molecular complexity index is 551. The van der Waals surface area contributed by atoms with Gasteiger partial charge in [0.25, 0.3) is 0 Å². The summed E-state index contributed by atoms with van der Waals surface area (Å²) in [7, 11) is -3.34. The molecule has 2 N–H and O–H groups in total. The summed E-state index contributed by atoms with van der Waals surface area (Å²) < 4.78 is 25.8. The molecule has 0 aromatic carbocycles. The summed E-state index contributed by atoms with van der Waals surface area (Å²) in [5.74, 6) is 0.399. The monoisotopic (exact) mass is 252 g/mol. The molecule has 2 heterocycles. The molecule has 0 unspecified atom stereocenters. The van der Waals surface area contributed by atoms with E-state index in [-0.39, 0.29) is 5.75 Å². The second kappa shape index (κ2) is 4.96. The van der Waals surface area contributed by atoms with Crippen molar-refractivity contribution in [2.24, 2.45) is 0 Å². The minimum atomic E-state index is -3.34. The highest BCUT2D eigenvalue weighted by molar-refractivity contribution is 7.92. The maximum atomic E-state index is 11.7. The Morgan fingerprint density at radius 2 is 1.94 bits per heavy atom. The molecule has 0 spiro atoms. The van der Waals surface area contributed by atoms with Crippen molar-refractivity contribution < 1.29 is 8.42 Å². The number of H-pyrrole nitrogens is 1. The SMILES string of the molecule is O=S(=O)(CCc1ccncc1)Nc1ccn[nH]1. The number of aromatic amines is 1. The molecule has 17 heavy (non-hydrogen) atoms. The van der Waals surface area contributed by atoms with Crippen molar-refractivity contribution in [2.75, 3.05) is 10.5 Å². The average Bonchev–Trinajstić information content (AvgIpc) is 2.80. The summed E-state index contributed by atoms with van der Waals surface area (Å²) in [4.78, 5) is 3.87. The van der Waals surface area contributed by atoms with E-state index in [1.54, 1.807) is 30.6 Å². The highest BCUT2D eigenvalue weighted by Crippen LogP contribution is 2.05. The average molecular weight is 252 g/mol. The molecule has 0 fully saturated rings. The fourth-order valence-corrected chi connectivity index (χ4v) is 2.39. The molecule has 2 aromatic rings. The Hall–Kier alpha value is -1.89. The number of nitrogens with one attached hydrogen (secondary N) is 2. The van der Waals surface area contributed by atoms with E-state index in [1.807, 2.05) is 0 Å². The van der Waals surface area contributed by atoms with Crippen molar-refractivity contribution in [3.05, 3.63) is 42.4 Å². The largest absolute Gasteiger partial charge is 0.268 e. The summed E-state index contributed by atoms with van der Waals surface area (Å²) in [5, 5.41) is 6.21. The normalized spacial score (nSPS) is 11.3. The molecule has 2 rings (SSSR count). The third kappa shape index (κ3) is 3.56. The van der Waals surface area contributed by atoms with Crippen LogP contribution < -0.4 is 4.72 Å². The first kappa shape index (κ1) is 11.6. The molecule has 0 aliphatic rings. The van der Waals surface area contributed by atoms with E-state index in [2.05, 4.69) is 19.9 Å². The van der Waals surface area contributed by atoms with Gasteiger partial charge in [0.05, 0.1) is 11.9 Å². The number of nitrogens with zero attached hydrogens (tertiary/aromatic N) is 2. The van der Waals surface area contributed by atoms with Crippen LogP contribution in [0.3, 0.4) is 0 Å². The molecule has 90 valence electrons. The van der Waals surface area contributed by atoms with Crippen LogP contribution in [0.2, 0.25) is 0 Å². The molecule has 0 saturated carbocycles. The molecule has 0 aliphatic carbocycles. The third-order valence-electron chi connectivity index (χ3n) is 2.18. The molecule has 0 saturated heterocycles. The lowest BCUT2D eigenvalue weighted by Crippen LogP contribution is -2.18. The lowest BCUT2D eigenvalue weighted by atomic mass is 10.2. The first-order valence-corrected chi connectivity index (χ1v) is 6.70. The molecule has 0 radical (unpaired) electrons. The fourth-order valence-electron chi connectivity index (χ4n) is 1.33. The second-order valence-electron chi connectivity index (χ2n) is 3.50. The van der Waals surface area contributed by atoms with Crippen molar-refractivity contribution >= 4 is 15.8 Å². The van der Waals surface area contributed by atoms with Crippen LogP contribution >= 0.6 is 0 Å². The number of aryl methyl sites for hydroxylation is 1. The molecule has 0 aliphatic heterocycles. The minimum absolute atomic E-state index is 0.0238. The second-order valence-corrected chi connectivity index (χ2v) is 5.34. The smallest absolute Gasteiger partial charge is 0.234 e. The van der Waals surface area contributed by atoms with Crippen molar-refractivity contribution in [3.8, 4) is 0 Å². The van der Waals surface area contributed by atoms with Gasteiger partial charge >= 0.3 is 0 Å². The number of rotatable bonds is 5. The van der Waals surface area contributed by atoms with Crippen LogP contribution in [-0.2, 0) is 16.4 Å². The van der Waals surface area contributed by atoms with Crippen LogP contribution in [0.4, 0.5) is 5.82 Å². The van der Waals surface area contributed by atoms with E-state index in [4.69, 9.17) is 0 Å². The van der Waals surface area contributed by atoms with Crippen molar-refractivity contribution in [1.29, 1.82) is 0 Å². The summed E-state index contributed by atoms with van der Waals surface area (Å²) >= 11 is 0. The number of hydrogen-bond acceptors (Lipinski definition) is 4. The van der Waals surface area contributed by atoms with Crippen LogP contribution in [0.5, 0.6) is 0 Å². The van der Waals surface area contributed by atoms with E-state index >= 15 is 0 Å². The Balaban J connectivity index is 1.94. The van der Waals surface area contributed by atoms with Gasteiger partial charge in [0.15, 0.2) is 0 Å². The summed E-state index contributed by atoms with van der Waals surface area (Å²) in [6.45, 7) is 0. The standard InChI is InChI=1S/C10H12N4O2S/c15-17(16,14-10-3-7-12-13-10)8-4-9-1-5-11-6-2-9/h1-3,5-7H,4,8H2,(H2,12,13,14). The van der Waals surface area contributed by atoms with E-state index in [0.29, 0.717) is 12.2 Å². The minimum Gasteiger partial charge on any atom is -0.268 e. The van der Waals surface area contributed by atoms with Gasteiger partial charge in [0, 0.05) is 18.5 Å². The van der Waals surface area contributed by atoms with E-state index in [1.165, 1.54) is 6.20 Å². The molecule has 7 heteroatoms. The highest BCUT2D eigenvalue weighted by atomic mass is 32.2. The third-order valence-corrected chi connectivity index (χ3v) is 3.45. The Kier molecular flexibility index (Phi) is 3.38. The van der Waals surface area contributed by atoms with Crippen LogP contribution in [0.15, 0.2) is 36.8 Å². The van der Waals surface area contributed by atoms with Crippen LogP contribution in [0.25, 0.3) is 0 Å². The quantitative estimate of drug-likeness (QED) is 0.823. The van der Waals surface area contributed by atoms with Crippen molar-refractivity contribution in [3.63, 3.8) is 0 Å². The summed E-state index contributed by atoms with van der Waals surface area (Å²) in [6, 6.07) is 5.15. The molecular weight excluding hydrogens is 240 g/mol. The van der Waals surface area contributed by atoms with E-state index in [0.717, 1.165) is 5.56 Å². The lowest BCUT2D eigenvalue weighted by Gasteiger charge is -2.05. The zero-order valence-electron chi connectivity index (χ0n) is 9.00. The van der Waals surface area contributed by atoms with E-state index in [9.17, 15) is 8.42 Å². The lowest BCUT2D eigenvalue weighted by molar-refractivity contribution is 0.600. The Morgan fingerprint density at radius 3 is 2.59 bits per heavy atom. The number of hydrogen-bond donors (Lipinski definition) is 2. The number of sulfonamides is 1. The van der Waals surface area contributed by atoms with Gasteiger partial charge in [-0.3, -0.25) is 14.8 Å². The van der Waals surface area contributed by atoms with Gasteiger partial charge in [0.2, 0.25) is 10.0 Å². The van der Waals surface area contributed by atoms with Crippen LogP contribution in [0, 0.1) is 0 Å². The predicted molar refractivity (Wildman–Crippen MR) is 63.9 cm³/mol. The van der Waals surface area contributed by atoms with E-state index < -0.39 is 10.0 Å². The van der Waals surface area contributed by atoms with Crippen LogP contribution in [-0.4, -0.2) is 29.4 Å². The maximum absolute atomic E-state index is 11.7. The number of pyridine rings is 1. The van der Waals surface area contributed by atoms with Gasteiger partial charge in [-0.25, -0.2) is 8.42 Å². The summed E-state index contributed by atoms with van der Waals surface area (Å²) in [6.07, 6.45) is 5.22. The Labute approximate surface area is 99.1 Å². The molecule has 0 bridgehead atoms. The first-order valence-electron chi connectivity index (χ1n) is 5.04. The van der Waals surface area contributed by atoms with Gasteiger partial charge in [0.1, 0.15) is 5.82 Å². The first-order chi connectivity index (χ1) is 8.16. The topological polar surface area (TPSA) is 87.7 Å². The molecule has 0 amide bonds. The predicted octanol–water partition coefficient (Wildman–Crippen LogP) is 0.789. The zero-order chi connectivity index (χ0) is 12.1. The van der Waals surface area contributed by atoms with Crippen molar-refractivity contribution in [1.82, 2.24) is 15.2 Å². The van der Waals surface area contributed by atoms with Gasteiger partial charge in [-0.15, -0.1) is 0 Å². The van der Waals surface area contributed by atoms with Gasteiger partial charge in [-0.1, -0.05) is 0 Å².